The number of hydrogen-bond donors (Lipinski definition) is 2. The summed E-state index contributed by atoms with van der Waals surface area (Å²) in [6.45, 7) is 13.3. The van der Waals surface area contributed by atoms with Crippen molar-refractivity contribution in [3.8, 4) is 11.4 Å². The summed E-state index contributed by atoms with van der Waals surface area (Å²) in [6, 6.07) is 8.65. The standard InChI is InChI=1S/C24H35N5O4S/c1-7-25-22(30)27-18-10-8-17(9-11-18)21-26-19(15-34(31,32)23(2,3)4)14-20(28-21)29-12-13-33-16-24(29,5)6/h8-11,14H,7,12-13,15-16H2,1-6H3,(H2,25,27,30). The number of morpholine rings is 1. The molecule has 186 valence electrons. The van der Waals surface area contributed by atoms with E-state index in [4.69, 9.17) is 9.72 Å². The second-order valence-electron chi connectivity index (χ2n) is 9.99. The van der Waals surface area contributed by atoms with E-state index < -0.39 is 14.6 Å². The van der Waals surface area contributed by atoms with Crippen molar-refractivity contribution < 1.29 is 17.9 Å². The van der Waals surface area contributed by atoms with E-state index in [1.165, 1.54) is 0 Å². The van der Waals surface area contributed by atoms with Crippen LogP contribution in [0.15, 0.2) is 30.3 Å². The first kappa shape index (κ1) is 25.9. The van der Waals surface area contributed by atoms with E-state index in [0.29, 0.717) is 49.3 Å². The molecule has 1 aromatic carbocycles. The Morgan fingerprint density at radius 1 is 1.18 bits per heavy atom. The lowest BCUT2D eigenvalue weighted by Crippen LogP contribution is -2.53. The Labute approximate surface area is 202 Å². The van der Waals surface area contributed by atoms with E-state index in [1.807, 2.05) is 19.1 Å². The van der Waals surface area contributed by atoms with E-state index in [-0.39, 0.29) is 17.3 Å². The van der Waals surface area contributed by atoms with E-state index in [9.17, 15) is 13.2 Å². The van der Waals surface area contributed by atoms with Gasteiger partial charge in [-0.3, -0.25) is 0 Å². The maximum absolute atomic E-state index is 12.9. The van der Waals surface area contributed by atoms with Crippen LogP contribution in [0.25, 0.3) is 11.4 Å². The minimum absolute atomic E-state index is 0.180. The SMILES string of the molecule is CCNC(=O)Nc1ccc(-c2nc(CS(=O)(=O)C(C)(C)C)cc(N3CCOCC3(C)C)n2)cc1. The van der Waals surface area contributed by atoms with Gasteiger partial charge in [0.1, 0.15) is 5.82 Å². The van der Waals surface area contributed by atoms with Crippen molar-refractivity contribution in [2.24, 2.45) is 0 Å². The van der Waals surface area contributed by atoms with E-state index >= 15 is 0 Å². The van der Waals surface area contributed by atoms with Gasteiger partial charge in [0, 0.05) is 30.4 Å². The number of urea groups is 1. The van der Waals surface area contributed by atoms with Crippen LogP contribution in [0.4, 0.5) is 16.3 Å². The number of nitrogens with zero attached hydrogens (tertiary/aromatic N) is 3. The zero-order chi connectivity index (χ0) is 25.1. The van der Waals surface area contributed by atoms with Gasteiger partial charge in [-0.2, -0.15) is 0 Å². The van der Waals surface area contributed by atoms with Crippen molar-refractivity contribution in [2.75, 3.05) is 36.5 Å². The Kier molecular flexibility index (Phi) is 7.52. The Balaban J connectivity index is 2.01. The molecule has 2 amide bonds. The highest BCUT2D eigenvalue weighted by Crippen LogP contribution is 2.30. The number of rotatable bonds is 6. The van der Waals surface area contributed by atoms with Crippen molar-refractivity contribution in [1.82, 2.24) is 15.3 Å². The Morgan fingerprint density at radius 2 is 1.85 bits per heavy atom. The molecule has 1 saturated heterocycles. The van der Waals surface area contributed by atoms with Crippen molar-refractivity contribution in [2.45, 2.75) is 57.6 Å². The molecule has 34 heavy (non-hydrogen) atoms. The van der Waals surface area contributed by atoms with Gasteiger partial charge in [-0.25, -0.2) is 23.2 Å². The van der Waals surface area contributed by atoms with Gasteiger partial charge in [-0.15, -0.1) is 0 Å². The van der Waals surface area contributed by atoms with Crippen LogP contribution in [0, 0.1) is 0 Å². The monoisotopic (exact) mass is 489 g/mol. The molecule has 0 unspecified atom stereocenters. The van der Waals surface area contributed by atoms with Gasteiger partial charge in [0.15, 0.2) is 15.7 Å². The summed E-state index contributed by atoms with van der Waals surface area (Å²) in [5, 5.41) is 5.45. The molecule has 0 atom stereocenters. The lowest BCUT2D eigenvalue weighted by molar-refractivity contribution is 0.0639. The molecule has 2 aromatic rings. The molecular formula is C24H35N5O4S. The fourth-order valence-corrected chi connectivity index (χ4v) is 4.53. The molecule has 1 aliphatic rings. The third-order valence-corrected chi connectivity index (χ3v) is 8.24. The number of carbonyl (C=O) groups excluding carboxylic acids is 1. The summed E-state index contributed by atoms with van der Waals surface area (Å²) in [7, 11) is -3.44. The Hall–Kier alpha value is -2.72. The van der Waals surface area contributed by atoms with Crippen LogP contribution < -0.4 is 15.5 Å². The van der Waals surface area contributed by atoms with E-state index in [2.05, 4.69) is 34.4 Å². The van der Waals surface area contributed by atoms with Crippen LogP contribution >= 0.6 is 0 Å². The number of anilines is 2. The fraction of sp³-hybridized carbons (Fsp3) is 0.542. The van der Waals surface area contributed by atoms with Gasteiger partial charge >= 0.3 is 6.03 Å². The summed E-state index contributed by atoms with van der Waals surface area (Å²) in [6.07, 6.45) is 0. The van der Waals surface area contributed by atoms with Gasteiger partial charge in [0.05, 0.1) is 34.9 Å². The fourth-order valence-electron chi connectivity index (χ4n) is 3.56. The zero-order valence-corrected chi connectivity index (χ0v) is 21.6. The number of amides is 2. The first-order chi connectivity index (χ1) is 15.8. The maximum Gasteiger partial charge on any atom is 0.319 e. The minimum Gasteiger partial charge on any atom is -0.377 e. The highest BCUT2D eigenvalue weighted by atomic mass is 32.2. The van der Waals surface area contributed by atoms with Crippen LogP contribution in [0.1, 0.15) is 47.2 Å². The molecule has 0 radical (unpaired) electrons. The molecule has 9 nitrogen and oxygen atoms in total. The predicted octanol–water partition coefficient (Wildman–Crippen LogP) is 3.61. The van der Waals surface area contributed by atoms with Crippen LogP contribution in [-0.4, -0.2) is 61.0 Å². The summed E-state index contributed by atoms with van der Waals surface area (Å²) in [5.41, 5.74) is 1.51. The molecular weight excluding hydrogens is 454 g/mol. The first-order valence-corrected chi connectivity index (χ1v) is 13.1. The maximum atomic E-state index is 12.9. The zero-order valence-electron chi connectivity index (χ0n) is 20.8. The summed E-state index contributed by atoms with van der Waals surface area (Å²) in [4.78, 5) is 23.3. The number of carbonyl (C=O) groups is 1. The molecule has 10 heteroatoms. The normalized spacial score (nSPS) is 16.2. The third-order valence-electron chi connectivity index (χ3n) is 5.70. The smallest absolute Gasteiger partial charge is 0.319 e. The first-order valence-electron chi connectivity index (χ1n) is 11.4. The molecule has 3 rings (SSSR count). The number of benzene rings is 1. The molecule has 0 bridgehead atoms. The molecule has 2 heterocycles. The van der Waals surface area contributed by atoms with E-state index in [1.54, 1.807) is 39.0 Å². The Bertz CT molecular complexity index is 1130. The highest BCUT2D eigenvalue weighted by Gasteiger charge is 2.34. The summed E-state index contributed by atoms with van der Waals surface area (Å²) < 4.78 is 30.6. The number of hydrogen-bond acceptors (Lipinski definition) is 7. The van der Waals surface area contributed by atoms with Gasteiger partial charge in [0.25, 0.3) is 0 Å². The molecule has 1 aliphatic heterocycles. The molecule has 0 saturated carbocycles. The predicted molar refractivity (Wildman–Crippen MR) is 135 cm³/mol. The van der Waals surface area contributed by atoms with Gasteiger partial charge in [-0.05, 0) is 65.8 Å². The number of nitrogens with one attached hydrogen (secondary N) is 2. The third kappa shape index (κ3) is 6.04. The average molecular weight is 490 g/mol. The van der Waals surface area contributed by atoms with Crippen LogP contribution in [-0.2, 0) is 20.3 Å². The van der Waals surface area contributed by atoms with Crippen molar-refractivity contribution in [1.29, 1.82) is 0 Å². The number of sulfone groups is 1. The second kappa shape index (κ2) is 9.87. The highest BCUT2D eigenvalue weighted by molar-refractivity contribution is 7.91. The number of aromatic nitrogens is 2. The van der Waals surface area contributed by atoms with Crippen molar-refractivity contribution in [3.05, 3.63) is 36.0 Å². The van der Waals surface area contributed by atoms with E-state index in [0.717, 1.165) is 5.56 Å². The van der Waals surface area contributed by atoms with Gasteiger partial charge in [0.2, 0.25) is 0 Å². The van der Waals surface area contributed by atoms with Crippen LogP contribution in [0.3, 0.4) is 0 Å². The summed E-state index contributed by atoms with van der Waals surface area (Å²) in [5.74, 6) is 0.922. The molecule has 1 aromatic heterocycles. The molecule has 1 fully saturated rings. The minimum atomic E-state index is -3.44. The summed E-state index contributed by atoms with van der Waals surface area (Å²) >= 11 is 0. The molecule has 0 aliphatic carbocycles. The van der Waals surface area contributed by atoms with Gasteiger partial charge < -0.3 is 20.3 Å². The lowest BCUT2D eigenvalue weighted by Gasteiger charge is -2.43. The second-order valence-corrected chi connectivity index (χ2v) is 12.7. The Morgan fingerprint density at radius 3 is 2.44 bits per heavy atom. The largest absolute Gasteiger partial charge is 0.377 e. The van der Waals surface area contributed by atoms with Gasteiger partial charge in [-0.1, -0.05) is 0 Å². The molecule has 0 spiro atoms. The lowest BCUT2D eigenvalue weighted by atomic mass is 10.0. The van der Waals surface area contributed by atoms with Crippen LogP contribution in [0.2, 0.25) is 0 Å². The molecule has 2 N–H and O–H groups in total. The average Bonchev–Trinajstić information content (AvgIpc) is 2.72. The topological polar surface area (TPSA) is 114 Å². The quantitative estimate of drug-likeness (QED) is 0.637. The van der Waals surface area contributed by atoms with Crippen molar-refractivity contribution in [3.63, 3.8) is 0 Å². The van der Waals surface area contributed by atoms with Crippen LogP contribution in [0.5, 0.6) is 0 Å². The van der Waals surface area contributed by atoms with Crippen molar-refractivity contribution >= 4 is 27.4 Å². The number of ether oxygens (including phenoxy) is 1.